The molecule has 2 rings (SSSR count). The molecule has 2 N–H and O–H groups in total. The first-order valence-corrected chi connectivity index (χ1v) is 11.2. The molecule has 0 spiro atoms. The molecule has 1 saturated heterocycles. The van der Waals surface area contributed by atoms with Gasteiger partial charge in [0.05, 0.1) is 15.9 Å². The summed E-state index contributed by atoms with van der Waals surface area (Å²) in [7, 11) is 0. The van der Waals surface area contributed by atoms with E-state index in [9.17, 15) is 13.2 Å². The Bertz CT molecular complexity index is 492. The number of halogens is 4. The second-order valence-electron chi connectivity index (χ2n) is 6.88. The van der Waals surface area contributed by atoms with Gasteiger partial charge in [0.25, 0.3) is 0 Å². The van der Waals surface area contributed by atoms with Gasteiger partial charge in [0.15, 0.2) is 0 Å². The van der Waals surface area contributed by atoms with Gasteiger partial charge in [-0.15, -0.1) is 29.9 Å². The molecule has 0 aromatic heterocycles. The molecule has 6 unspecified atom stereocenters. The fourth-order valence-electron chi connectivity index (χ4n) is 3.58. The second kappa shape index (κ2) is 10.1. The van der Waals surface area contributed by atoms with Crippen molar-refractivity contribution in [2.45, 2.75) is 60.0 Å². The maximum absolute atomic E-state index is 13.1. The predicted octanol–water partition coefficient (Wildman–Crippen LogP) is 5.38. The first kappa shape index (κ1) is 22.5. The Morgan fingerprint density at radius 1 is 1.50 bits per heavy atom. The largest absolute Gasteiger partial charge is 0.396 e. The number of thioether (sulfide) groups is 1. The van der Waals surface area contributed by atoms with Crippen molar-refractivity contribution < 1.29 is 18.3 Å². The van der Waals surface area contributed by atoms with Crippen molar-refractivity contribution >= 4 is 35.3 Å². The van der Waals surface area contributed by atoms with E-state index in [1.165, 1.54) is 0 Å². The molecule has 1 heterocycles. The van der Waals surface area contributed by atoms with Crippen molar-refractivity contribution in [1.29, 1.82) is 0 Å². The van der Waals surface area contributed by atoms with Crippen LogP contribution in [0.3, 0.4) is 0 Å². The molecule has 0 aromatic rings. The molecule has 2 nitrogen and oxygen atoms in total. The van der Waals surface area contributed by atoms with Crippen LogP contribution in [0.4, 0.5) is 13.2 Å². The van der Waals surface area contributed by atoms with Crippen LogP contribution < -0.4 is 4.72 Å². The van der Waals surface area contributed by atoms with Crippen LogP contribution in [0, 0.1) is 17.8 Å². The van der Waals surface area contributed by atoms with Gasteiger partial charge in [0.2, 0.25) is 0 Å². The Hall–Kier alpha value is 0.180. The molecular weight excluding hydrogens is 403 g/mol. The summed E-state index contributed by atoms with van der Waals surface area (Å²) in [6.07, 6.45) is 3.04. The third-order valence-electron chi connectivity index (χ3n) is 5.16. The Morgan fingerprint density at radius 2 is 2.23 bits per heavy atom. The topological polar surface area (TPSA) is 32.3 Å². The Kier molecular flexibility index (Phi) is 8.73. The summed E-state index contributed by atoms with van der Waals surface area (Å²) in [4.78, 5) is 0. The van der Waals surface area contributed by atoms with Crippen molar-refractivity contribution in [1.82, 2.24) is 4.72 Å². The zero-order chi connectivity index (χ0) is 19.3. The van der Waals surface area contributed by atoms with Gasteiger partial charge in [-0.1, -0.05) is 37.1 Å². The predicted molar refractivity (Wildman–Crippen MR) is 106 cm³/mol. The molecule has 0 bridgehead atoms. The van der Waals surface area contributed by atoms with E-state index in [4.69, 9.17) is 16.7 Å². The molecule has 8 heteroatoms. The third kappa shape index (κ3) is 5.60. The van der Waals surface area contributed by atoms with Gasteiger partial charge in [0.1, 0.15) is 0 Å². The molecular formula is C18H27ClF3NOS2. The van der Waals surface area contributed by atoms with Gasteiger partial charge >= 0.3 is 6.18 Å². The zero-order valence-corrected chi connectivity index (χ0v) is 17.2. The van der Waals surface area contributed by atoms with Crippen molar-refractivity contribution in [3.8, 4) is 0 Å². The highest BCUT2D eigenvalue weighted by Crippen LogP contribution is 2.52. The number of alkyl halides is 4. The maximum atomic E-state index is 13.1. The number of aliphatic hydroxyl groups is 1. The van der Waals surface area contributed by atoms with E-state index >= 15 is 0 Å². The minimum Gasteiger partial charge on any atom is -0.396 e. The highest BCUT2D eigenvalue weighted by atomic mass is 35.5. The SMILES string of the molecule is C=CC1C(C2C=CCC(C(F)(F)F)C2)SC(Cl)C1SN[C@H](CC)CCO. The lowest BCUT2D eigenvalue weighted by molar-refractivity contribution is -0.178. The minimum atomic E-state index is -4.15. The van der Waals surface area contributed by atoms with Gasteiger partial charge in [-0.05, 0) is 31.6 Å². The molecule has 0 saturated carbocycles. The molecule has 7 atom stereocenters. The summed E-state index contributed by atoms with van der Waals surface area (Å²) in [6.45, 7) is 6.09. The van der Waals surface area contributed by atoms with Crippen molar-refractivity contribution in [2.24, 2.45) is 17.8 Å². The quantitative estimate of drug-likeness (QED) is 0.308. The molecule has 0 amide bonds. The van der Waals surface area contributed by atoms with E-state index < -0.39 is 12.1 Å². The number of hydrogen-bond donors (Lipinski definition) is 2. The number of aliphatic hydroxyl groups excluding tert-OH is 1. The first-order valence-electron chi connectivity index (χ1n) is 8.99. The van der Waals surface area contributed by atoms with E-state index in [2.05, 4.69) is 11.3 Å². The fourth-order valence-corrected chi connectivity index (χ4v) is 7.39. The summed E-state index contributed by atoms with van der Waals surface area (Å²) >= 11 is 9.66. The van der Waals surface area contributed by atoms with Crippen LogP contribution in [0.1, 0.15) is 32.6 Å². The van der Waals surface area contributed by atoms with Gasteiger partial charge in [-0.25, -0.2) is 0 Å². The zero-order valence-electron chi connectivity index (χ0n) is 14.8. The lowest BCUT2D eigenvalue weighted by Crippen LogP contribution is -2.34. The van der Waals surface area contributed by atoms with Crippen LogP contribution in [0.25, 0.3) is 0 Å². The lowest BCUT2D eigenvalue weighted by Gasteiger charge is -2.32. The molecule has 26 heavy (non-hydrogen) atoms. The standard InChI is InChI=1S/C18H27ClF3NOS2/c1-3-13(8-9-24)23-26-16-14(4-2)15(25-17(16)19)11-6-5-7-12(10-11)18(20,21)22/h4-6,11-17,23-24H,2-3,7-10H2,1H3/t11?,12?,13-,14?,15?,16?,17?/m1/s1. The van der Waals surface area contributed by atoms with E-state index in [-0.39, 0.29) is 52.5 Å². The van der Waals surface area contributed by atoms with Crippen molar-refractivity contribution in [2.75, 3.05) is 6.61 Å². The normalized spacial score (nSPS) is 36.2. The number of rotatable bonds is 8. The average molecular weight is 430 g/mol. The third-order valence-corrected chi connectivity index (χ3v) is 8.92. The number of nitrogens with one attached hydrogen (secondary N) is 1. The number of allylic oxidation sites excluding steroid dienone is 3. The van der Waals surface area contributed by atoms with Gasteiger partial charge in [0, 0.05) is 23.8 Å². The highest BCUT2D eigenvalue weighted by molar-refractivity contribution is 8.05. The molecule has 0 aromatic carbocycles. The monoisotopic (exact) mass is 429 g/mol. The molecule has 1 aliphatic carbocycles. The van der Waals surface area contributed by atoms with Gasteiger partial charge in [-0.2, -0.15) is 13.2 Å². The maximum Gasteiger partial charge on any atom is 0.392 e. The second-order valence-corrected chi connectivity index (χ2v) is 9.95. The fraction of sp³-hybridized carbons (Fsp3) is 0.778. The molecule has 0 radical (unpaired) electrons. The smallest absolute Gasteiger partial charge is 0.392 e. The Balaban J connectivity index is 2.03. The van der Waals surface area contributed by atoms with E-state index in [0.29, 0.717) is 6.42 Å². The van der Waals surface area contributed by atoms with E-state index in [0.717, 1.165) is 6.42 Å². The van der Waals surface area contributed by atoms with Crippen LogP contribution in [-0.2, 0) is 0 Å². The summed E-state index contributed by atoms with van der Waals surface area (Å²) in [5.74, 6) is -1.38. The number of hydrogen-bond acceptors (Lipinski definition) is 4. The summed E-state index contributed by atoms with van der Waals surface area (Å²) in [5, 5.41) is 9.16. The van der Waals surface area contributed by atoms with Crippen LogP contribution >= 0.6 is 35.3 Å². The van der Waals surface area contributed by atoms with E-state index in [1.54, 1.807) is 29.8 Å². The van der Waals surface area contributed by atoms with Crippen molar-refractivity contribution in [3.63, 3.8) is 0 Å². The average Bonchev–Trinajstić information content (AvgIpc) is 2.93. The van der Waals surface area contributed by atoms with Crippen LogP contribution in [0.2, 0.25) is 0 Å². The molecule has 1 fully saturated rings. The van der Waals surface area contributed by atoms with Crippen LogP contribution in [0.5, 0.6) is 0 Å². The van der Waals surface area contributed by atoms with Crippen LogP contribution in [-0.4, -0.2) is 39.1 Å². The first-order chi connectivity index (χ1) is 12.3. The Labute approximate surface area is 167 Å². The molecule has 1 aliphatic heterocycles. The summed E-state index contributed by atoms with van der Waals surface area (Å²) < 4.78 is 42.6. The summed E-state index contributed by atoms with van der Waals surface area (Å²) in [5.41, 5.74) is 0. The molecule has 150 valence electrons. The van der Waals surface area contributed by atoms with Crippen molar-refractivity contribution in [3.05, 3.63) is 24.8 Å². The lowest BCUT2D eigenvalue weighted by atomic mass is 9.80. The Morgan fingerprint density at radius 3 is 2.81 bits per heavy atom. The van der Waals surface area contributed by atoms with Gasteiger partial charge in [-0.3, -0.25) is 4.72 Å². The molecule has 2 aliphatic rings. The van der Waals surface area contributed by atoms with Gasteiger partial charge < -0.3 is 5.11 Å². The van der Waals surface area contributed by atoms with E-state index in [1.807, 2.05) is 19.1 Å². The minimum absolute atomic E-state index is 0.00798. The van der Waals surface area contributed by atoms with Crippen LogP contribution in [0.15, 0.2) is 24.8 Å². The highest BCUT2D eigenvalue weighted by Gasteiger charge is 2.48. The summed E-state index contributed by atoms with van der Waals surface area (Å²) in [6, 6.07) is 0.188.